The molecule has 0 amide bonds. The number of hydrogen-bond acceptors (Lipinski definition) is 5. The first-order valence-electron chi connectivity index (χ1n) is 10.1. The minimum atomic E-state index is 0.244. The Morgan fingerprint density at radius 1 is 1.19 bits per heavy atom. The summed E-state index contributed by atoms with van der Waals surface area (Å²) in [5, 5.41) is 7.11. The fourth-order valence-electron chi connectivity index (χ4n) is 4.02. The average molecular weight is 386 g/mol. The van der Waals surface area contributed by atoms with Gasteiger partial charge in [0.05, 0.1) is 13.2 Å². The Morgan fingerprint density at radius 2 is 1.88 bits per heavy atom. The van der Waals surface area contributed by atoms with Gasteiger partial charge in [-0.05, 0) is 39.9 Å². The van der Waals surface area contributed by atoms with Gasteiger partial charge in [0.2, 0.25) is 0 Å². The number of ether oxygens (including phenoxy) is 1. The molecule has 2 rings (SSSR count). The van der Waals surface area contributed by atoms with E-state index < -0.39 is 0 Å². The molecule has 0 radical (unpaired) electrons. The smallest absolute Gasteiger partial charge is 0.191 e. The third kappa shape index (κ3) is 6.01. The minimum Gasteiger partial charge on any atom is -0.379 e. The molecule has 1 unspecified atom stereocenters. The second-order valence-electron chi connectivity index (χ2n) is 7.90. The maximum absolute atomic E-state index is 5.56. The van der Waals surface area contributed by atoms with Crippen molar-refractivity contribution in [2.75, 3.05) is 64.5 Å². The first-order valence-corrected chi connectivity index (χ1v) is 11.2. The highest BCUT2D eigenvalue weighted by Gasteiger charge is 2.40. The number of aliphatic imine (C=N–C) groups is 1. The molecule has 0 aromatic rings. The third-order valence-electron chi connectivity index (χ3n) is 5.56. The molecule has 2 N–H and O–H groups in total. The number of hydrogen-bond donors (Lipinski definition) is 2. The maximum Gasteiger partial charge on any atom is 0.191 e. The monoisotopic (exact) mass is 385 g/mol. The van der Waals surface area contributed by atoms with E-state index in [2.05, 4.69) is 64.9 Å². The van der Waals surface area contributed by atoms with E-state index in [1.807, 2.05) is 7.05 Å². The summed E-state index contributed by atoms with van der Waals surface area (Å²) >= 11 is 2.07. The van der Waals surface area contributed by atoms with E-state index in [0.717, 1.165) is 51.9 Å². The molecule has 2 aliphatic rings. The minimum absolute atomic E-state index is 0.244. The lowest BCUT2D eigenvalue weighted by Crippen LogP contribution is -2.60. The van der Waals surface area contributed by atoms with Gasteiger partial charge in [0.1, 0.15) is 0 Å². The predicted octanol–water partition coefficient (Wildman–Crippen LogP) is 1.48. The summed E-state index contributed by atoms with van der Waals surface area (Å²) < 4.78 is 5.56. The van der Waals surface area contributed by atoms with Crippen molar-refractivity contribution in [1.82, 2.24) is 20.4 Å². The van der Waals surface area contributed by atoms with E-state index in [-0.39, 0.29) is 5.54 Å². The first-order chi connectivity index (χ1) is 12.5. The van der Waals surface area contributed by atoms with Gasteiger partial charge in [-0.25, -0.2) is 0 Å². The summed E-state index contributed by atoms with van der Waals surface area (Å²) in [5.74, 6) is 3.37. The third-order valence-corrected chi connectivity index (χ3v) is 6.80. The molecule has 2 heterocycles. The first kappa shape index (κ1) is 21.8. The molecule has 2 fully saturated rings. The summed E-state index contributed by atoms with van der Waals surface area (Å²) in [4.78, 5) is 9.58. The summed E-state index contributed by atoms with van der Waals surface area (Å²) in [6.45, 7) is 15.8. The molecule has 0 aromatic carbocycles. The molecule has 6 nitrogen and oxygen atoms in total. The van der Waals surface area contributed by atoms with Crippen LogP contribution in [-0.2, 0) is 4.74 Å². The Kier molecular flexibility index (Phi) is 9.00. The maximum atomic E-state index is 5.56. The number of guanidine groups is 1. The van der Waals surface area contributed by atoms with Gasteiger partial charge in [0, 0.05) is 63.1 Å². The van der Waals surface area contributed by atoms with Gasteiger partial charge < -0.3 is 15.4 Å². The summed E-state index contributed by atoms with van der Waals surface area (Å²) in [5.41, 5.74) is 0.244. The molecule has 0 bridgehead atoms. The van der Waals surface area contributed by atoms with E-state index in [4.69, 9.17) is 4.74 Å². The van der Waals surface area contributed by atoms with Crippen molar-refractivity contribution in [3.8, 4) is 0 Å². The highest BCUT2D eigenvalue weighted by atomic mass is 32.2. The van der Waals surface area contributed by atoms with Crippen LogP contribution in [0.5, 0.6) is 0 Å². The topological polar surface area (TPSA) is 52.1 Å². The highest BCUT2D eigenvalue weighted by molar-refractivity contribution is 7.99. The summed E-state index contributed by atoms with van der Waals surface area (Å²) in [6.07, 6.45) is 1.25. The molecular formula is C19H39N5OS. The quantitative estimate of drug-likeness (QED) is 0.488. The molecular weight excluding hydrogens is 346 g/mol. The van der Waals surface area contributed by atoms with Crippen LogP contribution in [0.4, 0.5) is 0 Å². The second-order valence-corrected chi connectivity index (χ2v) is 9.01. The normalized spacial score (nSPS) is 25.5. The van der Waals surface area contributed by atoms with Crippen LogP contribution in [0.15, 0.2) is 4.99 Å². The average Bonchev–Trinajstić information content (AvgIpc) is 3.11. The van der Waals surface area contributed by atoms with Crippen LogP contribution in [0, 0.1) is 0 Å². The van der Waals surface area contributed by atoms with Gasteiger partial charge in [0.15, 0.2) is 5.96 Å². The van der Waals surface area contributed by atoms with Gasteiger partial charge >= 0.3 is 0 Å². The Bertz CT molecular complexity index is 424. The molecule has 2 saturated heterocycles. The fraction of sp³-hybridized carbons (Fsp3) is 0.947. The van der Waals surface area contributed by atoms with Crippen LogP contribution in [0.1, 0.15) is 34.1 Å². The van der Waals surface area contributed by atoms with E-state index in [9.17, 15) is 0 Å². The van der Waals surface area contributed by atoms with Gasteiger partial charge in [-0.1, -0.05) is 0 Å². The Balaban J connectivity index is 1.83. The zero-order valence-corrected chi connectivity index (χ0v) is 18.2. The Morgan fingerprint density at radius 3 is 2.42 bits per heavy atom. The lowest BCUT2D eigenvalue weighted by molar-refractivity contribution is -0.0120. The van der Waals surface area contributed by atoms with E-state index >= 15 is 0 Å². The van der Waals surface area contributed by atoms with Crippen molar-refractivity contribution in [2.24, 2.45) is 4.99 Å². The molecule has 1 atom stereocenters. The second kappa shape index (κ2) is 10.7. The molecule has 2 aliphatic heterocycles. The lowest BCUT2D eigenvalue weighted by Gasteiger charge is -2.43. The summed E-state index contributed by atoms with van der Waals surface area (Å²) in [7, 11) is 1.86. The molecule has 0 aliphatic carbocycles. The van der Waals surface area contributed by atoms with Gasteiger partial charge in [-0.2, -0.15) is 11.8 Å². The van der Waals surface area contributed by atoms with Crippen molar-refractivity contribution < 1.29 is 4.74 Å². The predicted molar refractivity (Wildman–Crippen MR) is 113 cm³/mol. The highest BCUT2D eigenvalue weighted by Crippen LogP contribution is 2.33. The Labute approximate surface area is 164 Å². The van der Waals surface area contributed by atoms with Crippen molar-refractivity contribution in [3.63, 3.8) is 0 Å². The van der Waals surface area contributed by atoms with Gasteiger partial charge in [-0.3, -0.25) is 14.8 Å². The molecule has 0 saturated carbocycles. The van der Waals surface area contributed by atoms with Crippen LogP contribution in [-0.4, -0.2) is 97.9 Å². The van der Waals surface area contributed by atoms with Crippen molar-refractivity contribution in [2.45, 2.75) is 51.7 Å². The molecule has 152 valence electrons. The van der Waals surface area contributed by atoms with Crippen LogP contribution in [0.25, 0.3) is 0 Å². The Hall–Kier alpha value is -0.500. The van der Waals surface area contributed by atoms with Crippen molar-refractivity contribution in [1.29, 1.82) is 0 Å². The summed E-state index contributed by atoms with van der Waals surface area (Å²) in [6, 6.07) is 1.12. The van der Waals surface area contributed by atoms with Gasteiger partial charge in [0.25, 0.3) is 0 Å². The number of morpholine rings is 1. The zero-order valence-electron chi connectivity index (χ0n) is 17.4. The molecule has 0 aromatic heterocycles. The fourth-order valence-corrected chi connectivity index (χ4v) is 5.50. The van der Waals surface area contributed by atoms with Crippen LogP contribution in [0.2, 0.25) is 0 Å². The number of nitrogens with one attached hydrogen (secondary N) is 2. The number of rotatable bonds is 8. The SMILES string of the molecule is CN=C(NCCN(C(C)C)C(C)C)NCC1(N2CCOCC2)CCSC1. The zero-order chi connectivity index (χ0) is 19.0. The van der Waals surface area contributed by atoms with Crippen LogP contribution in [0.3, 0.4) is 0 Å². The van der Waals surface area contributed by atoms with Crippen molar-refractivity contribution >= 4 is 17.7 Å². The van der Waals surface area contributed by atoms with E-state index in [1.165, 1.54) is 17.9 Å². The van der Waals surface area contributed by atoms with E-state index in [0.29, 0.717) is 12.1 Å². The van der Waals surface area contributed by atoms with Crippen molar-refractivity contribution in [3.05, 3.63) is 0 Å². The lowest BCUT2D eigenvalue weighted by atomic mass is 9.95. The van der Waals surface area contributed by atoms with Crippen LogP contribution < -0.4 is 10.6 Å². The largest absolute Gasteiger partial charge is 0.379 e. The standard InChI is InChI=1S/C19H39N5OS/c1-16(2)24(17(3)4)8-7-21-18(20-5)22-14-19(6-13-26-15-19)23-9-11-25-12-10-23/h16-17H,6-15H2,1-5H3,(H2,20,21,22). The van der Waals surface area contributed by atoms with Crippen LogP contribution >= 0.6 is 11.8 Å². The van der Waals surface area contributed by atoms with E-state index in [1.54, 1.807) is 0 Å². The molecule has 0 spiro atoms. The van der Waals surface area contributed by atoms with Gasteiger partial charge in [-0.15, -0.1) is 0 Å². The molecule has 7 heteroatoms. The number of thioether (sulfide) groups is 1. The number of nitrogens with zero attached hydrogens (tertiary/aromatic N) is 3. The molecule has 26 heavy (non-hydrogen) atoms.